The van der Waals surface area contributed by atoms with Gasteiger partial charge in [-0.05, 0) is 31.9 Å². The number of piperidine rings is 1. The van der Waals surface area contributed by atoms with Crippen molar-refractivity contribution in [1.82, 2.24) is 0 Å². The molecule has 1 atom stereocenters. The van der Waals surface area contributed by atoms with Crippen molar-refractivity contribution in [3.05, 3.63) is 33.9 Å². The van der Waals surface area contributed by atoms with E-state index in [0.717, 1.165) is 31.6 Å². The Kier molecular flexibility index (Phi) is 3.28. The molecule has 5 heteroatoms. The second-order valence-corrected chi connectivity index (χ2v) is 4.58. The summed E-state index contributed by atoms with van der Waals surface area (Å²) >= 11 is 0. The van der Waals surface area contributed by atoms with Crippen LogP contribution in [0.5, 0.6) is 0 Å². The quantitative estimate of drug-likeness (QED) is 0.627. The smallest absolute Gasteiger partial charge is 0.272 e. The minimum Gasteiger partial charge on any atom is -0.370 e. The third-order valence-electron chi connectivity index (χ3n) is 3.20. The highest BCUT2D eigenvalue weighted by Crippen LogP contribution is 2.26. The number of nitro benzene ring substituents is 1. The molecule has 0 aromatic heterocycles. The lowest BCUT2D eigenvalue weighted by Gasteiger charge is -2.32. The van der Waals surface area contributed by atoms with Crippen LogP contribution in [0, 0.1) is 17.0 Å². The van der Waals surface area contributed by atoms with Gasteiger partial charge in [-0.25, -0.2) is 0 Å². The first kappa shape index (κ1) is 11.9. The molecular formula is C12H17N3O2. The summed E-state index contributed by atoms with van der Waals surface area (Å²) in [4.78, 5) is 12.6. The summed E-state index contributed by atoms with van der Waals surface area (Å²) in [6.07, 6.45) is 2.14. The van der Waals surface area contributed by atoms with Crippen LogP contribution in [0.4, 0.5) is 11.4 Å². The van der Waals surface area contributed by atoms with Gasteiger partial charge in [0.1, 0.15) is 0 Å². The van der Waals surface area contributed by atoms with Crippen molar-refractivity contribution in [3.63, 3.8) is 0 Å². The standard InChI is InChI=1S/C12H17N3O2/c1-9-7-11(4-5-12(9)15(16)17)14-6-2-3-10(13)8-14/h4-5,7,10H,2-3,6,8,13H2,1H3. The lowest BCUT2D eigenvalue weighted by atomic mass is 10.0. The van der Waals surface area contributed by atoms with Crippen LogP contribution in [0.25, 0.3) is 0 Å². The molecule has 92 valence electrons. The van der Waals surface area contributed by atoms with Crippen molar-refractivity contribution < 1.29 is 4.92 Å². The van der Waals surface area contributed by atoms with Crippen LogP contribution in [-0.4, -0.2) is 24.1 Å². The molecule has 1 aliphatic rings. The van der Waals surface area contributed by atoms with Crippen molar-refractivity contribution in [2.75, 3.05) is 18.0 Å². The summed E-state index contributed by atoms with van der Waals surface area (Å²) in [7, 11) is 0. The molecular weight excluding hydrogens is 218 g/mol. The maximum absolute atomic E-state index is 10.7. The second-order valence-electron chi connectivity index (χ2n) is 4.58. The number of aryl methyl sites for hydroxylation is 1. The first-order valence-corrected chi connectivity index (χ1v) is 5.83. The van der Waals surface area contributed by atoms with Gasteiger partial charge in [0.05, 0.1) is 4.92 Å². The van der Waals surface area contributed by atoms with E-state index in [1.807, 2.05) is 12.1 Å². The number of anilines is 1. The zero-order valence-electron chi connectivity index (χ0n) is 9.93. The van der Waals surface area contributed by atoms with Crippen LogP contribution in [0.1, 0.15) is 18.4 Å². The molecule has 0 saturated carbocycles. The molecule has 1 aliphatic heterocycles. The highest BCUT2D eigenvalue weighted by Gasteiger charge is 2.18. The van der Waals surface area contributed by atoms with Crippen molar-refractivity contribution in [3.8, 4) is 0 Å². The highest BCUT2D eigenvalue weighted by molar-refractivity contribution is 5.55. The molecule has 2 N–H and O–H groups in total. The fourth-order valence-electron chi connectivity index (χ4n) is 2.29. The van der Waals surface area contributed by atoms with Crippen LogP contribution in [0.3, 0.4) is 0 Å². The van der Waals surface area contributed by atoms with E-state index < -0.39 is 0 Å². The topological polar surface area (TPSA) is 72.4 Å². The van der Waals surface area contributed by atoms with E-state index in [9.17, 15) is 10.1 Å². The van der Waals surface area contributed by atoms with Crippen LogP contribution < -0.4 is 10.6 Å². The van der Waals surface area contributed by atoms with E-state index in [4.69, 9.17) is 5.73 Å². The lowest BCUT2D eigenvalue weighted by molar-refractivity contribution is -0.385. The monoisotopic (exact) mass is 235 g/mol. The average Bonchev–Trinajstić information content (AvgIpc) is 2.28. The maximum Gasteiger partial charge on any atom is 0.272 e. The Morgan fingerprint density at radius 1 is 1.53 bits per heavy atom. The third-order valence-corrected chi connectivity index (χ3v) is 3.20. The highest BCUT2D eigenvalue weighted by atomic mass is 16.6. The maximum atomic E-state index is 10.7. The van der Waals surface area contributed by atoms with Gasteiger partial charge in [-0.1, -0.05) is 0 Å². The van der Waals surface area contributed by atoms with Gasteiger partial charge in [0.2, 0.25) is 0 Å². The molecule has 2 rings (SSSR count). The number of benzene rings is 1. The summed E-state index contributed by atoms with van der Waals surface area (Å²) in [6, 6.07) is 5.46. The van der Waals surface area contributed by atoms with E-state index in [2.05, 4.69) is 4.90 Å². The molecule has 17 heavy (non-hydrogen) atoms. The predicted molar refractivity (Wildman–Crippen MR) is 67.3 cm³/mol. The van der Waals surface area contributed by atoms with Crippen molar-refractivity contribution in [1.29, 1.82) is 0 Å². The summed E-state index contributed by atoms with van der Waals surface area (Å²) in [5.41, 5.74) is 7.84. The summed E-state index contributed by atoms with van der Waals surface area (Å²) < 4.78 is 0. The Morgan fingerprint density at radius 2 is 2.29 bits per heavy atom. The van der Waals surface area contributed by atoms with Gasteiger partial charge in [-0.3, -0.25) is 10.1 Å². The third kappa shape index (κ3) is 2.55. The van der Waals surface area contributed by atoms with Crippen LogP contribution in [-0.2, 0) is 0 Å². The Hall–Kier alpha value is -1.62. The molecule has 0 spiro atoms. The number of hydrogen-bond donors (Lipinski definition) is 1. The molecule has 0 amide bonds. The van der Waals surface area contributed by atoms with Crippen LogP contribution in [0.15, 0.2) is 18.2 Å². The van der Waals surface area contributed by atoms with Gasteiger partial charge in [-0.15, -0.1) is 0 Å². The molecule has 5 nitrogen and oxygen atoms in total. The molecule has 0 aliphatic carbocycles. The minimum atomic E-state index is -0.346. The van der Waals surface area contributed by atoms with Gasteiger partial charge < -0.3 is 10.6 Å². The van der Waals surface area contributed by atoms with Gasteiger partial charge >= 0.3 is 0 Å². The fourth-order valence-corrected chi connectivity index (χ4v) is 2.29. The SMILES string of the molecule is Cc1cc(N2CCCC(N)C2)ccc1[N+](=O)[O-]. The molecule has 0 radical (unpaired) electrons. The molecule has 1 aromatic rings. The molecule has 0 bridgehead atoms. The van der Waals surface area contributed by atoms with Crippen molar-refractivity contribution >= 4 is 11.4 Å². The minimum absolute atomic E-state index is 0.176. The van der Waals surface area contributed by atoms with E-state index in [0.29, 0.717) is 5.56 Å². The van der Waals surface area contributed by atoms with Crippen molar-refractivity contribution in [2.45, 2.75) is 25.8 Å². The lowest BCUT2D eigenvalue weighted by Crippen LogP contribution is -2.42. The van der Waals surface area contributed by atoms with Crippen LogP contribution in [0.2, 0.25) is 0 Å². The summed E-state index contributed by atoms with van der Waals surface area (Å²) in [6.45, 7) is 3.58. The Morgan fingerprint density at radius 3 is 2.88 bits per heavy atom. The van der Waals surface area contributed by atoms with Gasteiger partial charge in [0.25, 0.3) is 5.69 Å². The first-order chi connectivity index (χ1) is 8.08. The number of rotatable bonds is 2. The zero-order chi connectivity index (χ0) is 12.4. The van der Waals surface area contributed by atoms with Gasteiger partial charge in [0.15, 0.2) is 0 Å². The molecule has 1 heterocycles. The van der Waals surface area contributed by atoms with Crippen LogP contribution >= 0.6 is 0 Å². The molecule has 1 fully saturated rings. The van der Waals surface area contributed by atoms with E-state index in [-0.39, 0.29) is 16.7 Å². The number of nitro groups is 1. The van der Waals surface area contributed by atoms with Crippen molar-refractivity contribution in [2.24, 2.45) is 5.73 Å². The largest absolute Gasteiger partial charge is 0.370 e. The second kappa shape index (κ2) is 4.71. The Labute approximate surface area is 100 Å². The molecule has 1 unspecified atom stereocenters. The van der Waals surface area contributed by atoms with E-state index in [1.165, 1.54) is 0 Å². The average molecular weight is 235 g/mol. The van der Waals surface area contributed by atoms with E-state index in [1.54, 1.807) is 13.0 Å². The first-order valence-electron chi connectivity index (χ1n) is 5.83. The van der Waals surface area contributed by atoms with Gasteiger partial charge in [-0.2, -0.15) is 0 Å². The number of nitrogens with zero attached hydrogens (tertiary/aromatic N) is 2. The summed E-state index contributed by atoms with van der Waals surface area (Å²) in [5.74, 6) is 0. The Bertz CT molecular complexity index is 434. The summed E-state index contributed by atoms with van der Waals surface area (Å²) in [5, 5.41) is 10.7. The number of hydrogen-bond acceptors (Lipinski definition) is 4. The number of nitrogens with two attached hydrogens (primary N) is 1. The van der Waals surface area contributed by atoms with E-state index >= 15 is 0 Å². The fraction of sp³-hybridized carbons (Fsp3) is 0.500. The zero-order valence-corrected chi connectivity index (χ0v) is 9.93. The van der Waals surface area contributed by atoms with Gasteiger partial charge in [0, 0.05) is 36.4 Å². The normalized spacial score (nSPS) is 20.4. The Balaban J connectivity index is 2.22. The molecule has 1 aromatic carbocycles. The molecule has 1 saturated heterocycles. The predicted octanol–water partition coefficient (Wildman–Crippen LogP) is 1.83.